The molecule has 0 saturated carbocycles. The summed E-state index contributed by atoms with van der Waals surface area (Å²) in [5.74, 6) is 10.9. The number of halogens is 2. The van der Waals surface area contributed by atoms with Gasteiger partial charge in [-0.05, 0) is 44.0 Å². The van der Waals surface area contributed by atoms with E-state index >= 15 is 0 Å². The van der Waals surface area contributed by atoms with Gasteiger partial charge in [-0.25, -0.2) is 0 Å². The van der Waals surface area contributed by atoms with Gasteiger partial charge in [-0.3, -0.25) is 4.79 Å². The number of esters is 1. The minimum absolute atomic E-state index is 0.266. The second kappa shape index (κ2) is 14.7. The molecule has 2 atom stereocenters. The molecule has 0 aromatic heterocycles. The van der Waals surface area contributed by atoms with Crippen molar-refractivity contribution in [2.24, 2.45) is 0 Å². The van der Waals surface area contributed by atoms with E-state index in [1.54, 1.807) is 49.4 Å². The van der Waals surface area contributed by atoms with Crippen molar-refractivity contribution >= 4 is 29.2 Å². The maximum atomic E-state index is 11.2. The highest BCUT2D eigenvalue weighted by atomic mass is 35.5. The first-order chi connectivity index (χ1) is 13.9. The fourth-order valence-corrected chi connectivity index (χ4v) is 2.38. The Balaban J connectivity index is 2.31. The lowest BCUT2D eigenvalue weighted by Crippen LogP contribution is -2.07. The van der Waals surface area contributed by atoms with Gasteiger partial charge in [0.25, 0.3) is 0 Å². The minimum Gasteiger partial charge on any atom is -0.466 e. The van der Waals surface area contributed by atoms with Gasteiger partial charge in [-0.15, -0.1) is 0 Å². The molecule has 0 saturated heterocycles. The maximum absolute atomic E-state index is 11.2. The number of aliphatic hydroxyl groups excluding tert-OH is 2. The predicted octanol–water partition coefficient (Wildman–Crippen LogP) is 4.31. The largest absolute Gasteiger partial charge is 0.466 e. The smallest absolute Gasteiger partial charge is 0.305 e. The van der Waals surface area contributed by atoms with Gasteiger partial charge in [0.2, 0.25) is 0 Å². The number of benzene rings is 1. The molecule has 154 valence electrons. The van der Waals surface area contributed by atoms with Crippen molar-refractivity contribution < 1.29 is 19.7 Å². The summed E-state index contributed by atoms with van der Waals surface area (Å²) >= 11 is 11.8. The Labute approximate surface area is 182 Å². The number of rotatable bonds is 8. The molecule has 1 aromatic carbocycles. The molecule has 29 heavy (non-hydrogen) atoms. The first-order valence-electron chi connectivity index (χ1n) is 9.22. The van der Waals surface area contributed by atoms with Crippen LogP contribution in [0.1, 0.15) is 38.2 Å². The quantitative estimate of drug-likeness (QED) is 0.363. The minimum atomic E-state index is -0.791. The Bertz CT molecular complexity index is 838. The van der Waals surface area contributed by atoms with Crippen molar-refractivity contribution in [3.05, 3.63) is 58.1 Å². The van der Waals surface area contributed by atoms with E-state index in [9.17, 15) is 15.0 Å². The molecule has 0 aliphatic heterocycles. The number of carbonyl (C=O) groups excluding carboxylic acids is 1. The van der Waals surface area contributed by atoms with Gasteiger partial charge >= 0.3 is 5.97 Å². The lowest BCUT2D eigenvalue weighted by Gasteiger charge is -2.03. The van der Waals surface area contributed by atoms with E-state index in [2.05, 4.69) is 23.7 Å². The van der Waals surface area contributed by atoms with E-state index < -0.39 is 12.2 Å². The van der Waals surface area contributed by atoms with Crippen molar-refractivity contribution in [2.45, 2.75) is 44.8 Å². The summed E-state index contributed by atoms with van der Waals surface area (Å²) in [7, 11) is 0. The third-order valence-corrected chi connectivity index (χ3v) is 4.24. The molecular weight excluding hydrogens is 411 g/mol. The standard InChI is InChI=1S/C23H24Cl2O4/c1-2-29-23(28)14-8-13-20(27)11-6-4-3-5-10-19(26)12-7-9-18-15-16-21(24)22(25)17-18/h3-5,10,15-17,19-20,26-27H,2,8,12-14H2,1H3/b4-3+,10-5+/t19?,20-/m1/s1. The van der Waals surface area contributed by atoms with Crippen molar-refractivity contribution in [2.75, 3.05) is 6.61 Å². The second-order valence-corrected chi connectivity index (χ2v) is 6.76. The molecule has 1 aromatic rings. The van der Waals surface area contributed by atoms with Crippen molar-refractivity contribution in [3.8, 4) is 23.7 Å². The first-order valence-corrected chi connectivity index (χ1v) is 9.98. The van der Waals surface area contributed by atoms with Crippen LogP contribution in [0, 0.1) is 23.7 Å². The van der Waals surface area contributed by atoms with E-state index in [0.29, 0.717) is 29.5 Å². The Kier molecular flexibility index (Phi) is 12.6. The molecular formula is C23H24Cl2O4. The normalized spacial score (nSPS) is 12.7. The van der Waals surface area contributed by atoms with E-state index in [1.807, 2.05) is 0 Å². The molecule has 0 spiro atoms. The van der Waals surface area contributed by atoms with Crippen LogP contribution in [0.3, 0.4) is 0 Å². The molecule has 0 heterocycles. The lowest BCUT2D eigenvalue weighted by molar-refractivity contribution is -0.143. The first kappa shape index (κ1) is 24.8. The Morgan fingerprint density at radius 1 is 1.24 bits per heavy atom. The van der Waals surface area contributed by atoms with Crippen molar-refractivity contribution in [3.63, 3.8) is 0 Å². The van der Waals surface area contributed by atoms with Gasteiger partial charge in [0.05, 0.1) is 22.8 Å². The zero-order chi connectivity index (χ0) is 21.5. The van der Waals surface area contributed by atoms with Crippen molar-refractivity contribution in [1.82, 2.24) is 0 Å². The van der Waals surface area contributed by atoms with Crippen LogP contribution in [0.25, 0.3) is 0 Å². The summed E-state index contributed by atoms with van der Waals surface area (Å²) in [5, 5.41) is 20.5. The van der Waals surface area contributed by atoms with Crippen molar-refractivity contribution in [1.29, 1.82) is 0 Å². The van der Waals surface area contributed by atoms with Crippen LogP contribution in [0.15, 0.2) is 42.5 Å². The summed E-state index contributed by atoms with van der Waals surface area (Å²) in [4.78, 5) is 11.2. The van der Waals surface area contributed by atoms with Gasteiger partial charge in [-0.1, -0.05) is 65.1 Å². The van der Waals surface area contributed by atoms with E-state index in [-0.39, 0.29) is 18.8 Å². The van der Waals surface area contributed by atoms with Crippen LogP contribution in [-0.4, -0.2) is 35.0 Å². The highest BCUT2D eigenvalue weighted by Gasteiger charge is 2.04. The van der Waals surface area contributed by atoms with Gasteiger partial charge < -0.3 is 14.9 Å². The number of carbonyl (C=O) groups is 1. The molecule has 0 amide bonds. The molecule has 1 unspecified atom stereocenters. The molecule has 0 bridgehead atoms. The highest BCUT2D eigenvalue weighted by Crippen LogP contribution is 2.22. The highest BCUT2D eigenvalue weighted by molar-refractivity contribution is 6.42. The maximum Gasteiger partial charge on any atom is 0.305 e. The molecule has 2 N–H and O–H groups in total. The van der Waals surface area contributed by atoms with Gasteiger partial charge in [0.1, 0.15) is 6.10 Å². The molecule has 0 aliphatic rings. The lowest BCUT2D eigenvalue weighted by atomic mass is 10.1. The number of aliphatic hydroxyl groups is 2. The Morgan fingerprint density at radius 3 is 2.76 bits per heavy atom. The molecule has 4 nitrogen and oxygen atoms in total. The van der Waals surface area contributed by atoms with Crippen LogP contribution < -0.4 is 0 Å². The van der Waals surface area contributed by atoms with E-state index in [4.69, 9.17) is 27.9 Å². The number of ether oxygens (including phenoxy) is 1. The number of hydrogen-bond acceptors (Lipinski definition) is 4. The summed E-state index contributed by atoms with van der Waals surface area (Å²) in [6, 6.07) is 5.11. The fraction of sp³-hybridized carbons (Fsp3) is 0.348. The monoisotopic (exact) mass is 434 g/mol. The van der Waals surface area contributed by atoms with E-state index in [1.165, 1.54) is 0 Å². The fourth-order valence-electron chi connectivity index (χ4n) is 2.09. The van der Waals surface area contributed by atoms with Gasteiger partial charge in [0.15, 0.2) is 0 Å². The summed E-state index contributed by atoms with van der Waals surface area (Å²) < 4.78 is 4.81. The topological polar surface area (TPSA) is 66.8 Å². The van der Waals surface area contributed by atoms with Crippen LogP contribution >= 0.6 is 23.2 Å². The average molecular weight is 435 g/mol. The van der Waals surface area contributed by atoms with Crippen LogP contribution in [0.4, 0.5) is 0 Å². The molecule has 1 rings (SSSR count). The summed E-state index contributed by atoms with van der Waals surface area (Å²) in [6.07, 6.45) is 6.46. The molecule has 0 radical (unpaired) electrons. The predicted molar refractivity (Wildman–Crippen MR) is 117 cm³/mol. The van der Waals surface area contributed by atoms with Gasteiger partial charge in [-0.2, -0.15) is 0 Å². The number of hydrogen-bond donors (Lipinski definition) is 2. The van der Waals surface area contributed by atoms with Crippen LogP contribution in [0.2, 0.25) is 10.0 Å². The van der Waals surface area contributed by atoms with Crippen LogP contribution in [0.5, 0.6) is 0 Å². The third-order valence-electron chi connectivity index (χ3n) is 3.50. The number of allylic oxidation sites excluding steroid dienone is 3. The van der Waals surface area contributed by atoms with Gasteiger partial charge in [0, 0.05) is 18.4 Å². The average Bonchev–Trinajstić information content (AvgIpc) is 2.67. The molecule has 0 fully saturated rings. The molecule has 6 heteroatoms. The Hall–Kier alpha value is -2.21. The SMILES string of the molecule is CCOC(=O)CCC[C@H](O)C#C/C=C/C=C/C(O)CC#Cc1ccc(Cl)c(Cl)c1. The summed E-state index contributed by atoms with van der Waals surface area (Å²) in [5.41, 5.74) is 0.728. The van der Waals surface area contributed by atoms with E-state index in [0.717, 1.165) is 5.56 Å². The molecule has 0 aliphatic carbocycles. The Morgan fingerprint density at radius 2 is 2.03 bits per heavy atom. The third kappa shape index (κ3) is 12.1. The van der Waals surface area contributed by atoms with Crippen LogP contribution in [-0.2, 0) is 9.53 Å². The zero-order valence-corrected chi connectivity index (χ0v) is 17.7. The zero-order valence-electron chi connectivity index (χ0n) is 16.2. The summed E-state index contributed by atoms with van der Waals surface area (Å²) in [6.45, 7) is 2.11. The second-order valence-electron chi connectivity index (χ2n) is 5.95.